The van der Waals surface area contributed by atoms with Crippen LogP contribution >= 0.6 is 0 Å². The molecular formula is C11H14F3NO2. The number of ketones is 1. The lowest BCUT2D eigenvalue weighted by Crippen LogP contribution is -2.50. The van der Waals surface area contributed by atoms with E-state index in [0.29, 0.717) is 25.2 Å². The number of fused-ring (bicyclic) bond motifs is 1. The second-order valence-corrected chi connectivity index (χ2v) is 4.84. The number of carbonyl (C=O) groups is 2. The zero-order valence-electron chi connectivity index (χ0n) is 9.29. The van der Waals surface area contributed by atoms with E-state index in [1.54, 1.807) is 0 Å². The van der Waals surface area contributed by atoms with Crippen molar-refractivity contribution in [1.29, 1.82) is 0 Å². The van der Waals surface area contributed by atoms with Crippen LogP contribution in [0.15, 0.2) is 0 Å². The van der Waals surface area contributed by atoms with Crippen LogP contribution in [0.5, 0.6) is 0 Å². The average Bonchev–Trinajstić information content (AvgIpc) is 2.25. The maximum absolute atomic E-state index is 12.3. The molecule has 0 radical (unpaired) electrons. The van der Waals surface area contributed by atoms with E-state index in [9.17, 15) is 22.8 Å². The lowest BCUT2D eigenvalue weighted by molar-refractivity contribution is -0.188. The quantitative estimate of drug-likeness (QED) is 0.656. The number of hydrogen-bond donors (Lipinski definition) is 0. The van der Waals surface area contributed by atoms with Crippen LogP contribution in [0.4, 0.5) is 13.2 Å². The Hall–Kier alpha value is -1.07. The highest BCUT2D eigenvalue weighted by atomic mass is 19.4. The van der Waals surface area contributed by atoms with Crippen molar-refractivity contribution in [2.24, 2.45) is 11.8 Å². The minimum atomic E-state index is -4.80. The van der Waals surface area contributed by atoms with Crippen molar-refractivity contribution in [2.75, 3.05) is 13.1 Å². The second kappa shape index (κ2) is 4.31. The number of nitrogens with zero attached hydrogens (tertiary/aromatic N) is 1. The summed E-state index contributed by atoms with van der Waals surface area (Å²) < 4.78 is 36.8. The zero-order valence-corrected chi connectivity index (χ0v) is 9.29. The summed E-state index contributed by atoms with van der Waals surface area (Å²) in [5.41, 5.74) is 0. The van der Waals surface area contributed by atoms with Gasteiger partial charge in [0.25, 0.3) is 0 Å². The number of Topliss-reactive ketones (excluding diaryl/α,β-unsaturated/α-hetero) is 1. The molecule has 0 spiro atoms. The Labute approximate surface area is 97.0 Å². The van der Waals surface area contributed by atoms with E-state index in [1.807, 2.05) is 0 Å². The van der Waals surface area contributed by atoms with Gasteiger partial charge in [0.15, 0.2) is 0 Å². The Morgan fingerprint density at radius 1 is 1.24 bits per heavy atom. The summed E-state index contributed by atoms with van der Waals surface area (Å²) in [7, 11) is 0. The summed E-state index contributed by atoms with van der Waals surface area (Å²) in [6.07, 6.45) is -2.59. The molecule has 2 aliphatic rings. The molecule has 1 saturated heterocycles. The molecule has 1 aliphatic heterocycles. The molecule has 2 rings (SSSR count). The van der Waals surface area contributed by atoms with Gasteiger partial charge in [-0.15, -0.1) is 0 Å². The van der Waals surface area contributed by atoms with Gasteiger partial charge in [0.1, 0.15) is 5.78 Å². The first kappa shape index (κ1) is 12.4. The predicted octanol–water partition coefficient (Wildman–Crippen LogP) is 1.77. The van der Waals surface area contributed by atoms with E-state index in [0.717, 1.165) is 11.3 Å². The van der Waals surface area contributed by atoms with Gasteiger partial charge >= 0.3 is 12.1 Å². The van der Waals surface area contributed by atoms with Crippen LogP contribution in [0.2, 0.25) is 0 Å². The number of piperidine rings is 1. The predicted molar refractivity (Wildman–Crippen MR) is 53.1 cm³/mol. The molecule has 6 heteroatoms. The van der Waals surface area contributed by atoms with Gasteiger partial charge in [-0.05, 0) is 24.7 Å². The molecule has 2 fully saturated rings. The minimum Gasteiger partial charge on any atom is -0.335 e. The third kappa shape index (κ3) is 2.61. The molecule has 0 bridgehead atoms. The maximum Gasteiger partial charge on any atom is 0.471 e. The third-order valence-corrected chi connectivity index (χ3v) is 3.70. The van der Waals surface area contributed by atoms with Crippen molar-refractivity contribution in [2.45, 2.75) is 31.9 Å². The number of likely N-dealkylation sites (tertiary alicyclic amines) is 1. The van der Waals surface area contributed by atoms with Gasteiger partial charge in [0.2, 0.25) is 0 Å². The van der Waals surface area contributed by atoms with Crippen LogP contribution in [-0.2, 0) is 9.59 Å². The van der Waals surface area contributed by atoms with Gasteiger partial charge in [-0.1, -0.05) is 0 Å². The van der Waals surface area contributed by atoms with Gasteiger partial charge in [-0.25, -0.2) is 0 Å². The first-order valence-electron chi connectivity index (χ1n) is 5.75. The van der Waals surface area contributed by atoms with E-state index >= 15 is 0 Å². The smallest absolute Gasteiger partial charge is 0.335 e. The Bertz CT molecular complexity index is 340. The molecule has 1 heterocycles. The van der Waals surface area contributed by atoms with Crippen LogP contribution in [0, 0.1) is 11.8 Å². The molecule has 2 unspecified atom stereocenters. The summed E-state index contributed by atoms with van der Waals surface area (Å²) in [5, 5.41) is 0. The summed E-state index contributed by atoms with van der Waals surface area (Å²) >= 11 is 0. The number of hydrogen-bond acceptors (Lipinski definition) is 2. The van der Waals surface area contributed by atoms with E-state index < -0.39 is 12.1 Å². The number of alkyl halides is 3. The van der Waals surface area contributed by atoms with E-state index in [-0.39, 0.29) is 24.8 Å². The first-order chi connectivity index (χ1) is 7.88. The Morgan fingerprint density at radius 2 is 1.94 bits per heavy atom. The van der Waals surface area contributed by atoms with Gasteiger partial charge in [-0.3, -0.25) is 9.59 Å². The van der Waals surface area contributed by atoms with E-state index in [2.05, 4.69) is 0 Å². The third-order valence-electron chi connectivity index (χ3n) is 3.70. The molecule has 0 aromatic carbocycles. The molecular weight excluding hydrogens is 235 g/mol. The largest absolute Gasteiger partial charge is 0.471 e. The monoisotopic (exact) mass is 249 g/mol. The molecule has 0 aromatic rings. The fraction of sp³-hybridized carbons (Fsp3) is 0.818. The summed E-state index contributed by atoms with van der Waals surface area (Å²) in [6.45, 7) is 0.239. The Morgan fingerprint density at radius 3 is 2.59 bits per heavy atom. The molecule has 1 aliphatic carbocycles. The number of rotatable bonds is 0. The molecule has 3 nitrogen and oxygen atoms in total. The lowest BCUT2D eigenvalue weighted by Gasteiger charge is -2.40. The standard InChI is InChI=1S/C11H14F3NO2/c12-11(13,14)10(17)15-4-3-7-1-2-9(16)5-8(7)6-15/h7-8H,1-6H2. The van der Waals surface area contributed by atoms with Crippen LogP contribution in [0.25, 0.3) is 0 Å². The van der Waals surface area contributed by atoms with Crippen LogP contribution in [0.1, 0.15) is 25.7 Å². The van der Waals surface area contributed by atoms with Gasteiger partial charge < -0.3 is 4.90 Å². The average molecular weight is 249 g/mol. The van der Waals surface area contributed by atoms with E-state index in [1.165, 1.54) is 0 Å². The summed E-state index contributed by atoms with van der Waals surface area (Å²) in [4.78, 5) is 23.2. The second-order valence-electron chi connectivity index (χ2n) is 4.84. The van der Waals surface area contributed by atoms with Gasteiger partial charge in [0, 0.05) is 25.9 Å². The zero-order chi connectivity index (χ0) is 12.6. The number of carbonyl (C=O) groups excluding carboxylic acids is 2. The normalized spacial score (nSPS) is 30.1. The first-order valence-corrected chi connectivity index (χ1v) is 5.75. The fourth-order valence-electron chi connectivity index (χ4n) is 2.80. The highest BCUT2D eigenvalue weighted by Crippen LogP contribution is 2.35. The van der Waals surface area contributed by atoms with Crippen molar-refractivity contribution in [3.63, 3.8) is 0 Å². The molecule has 0 N–H and O–H groups in total. The SMILES string of the molecule is O=C1CCC2CCN(C(=O)C(F)(F)F)CC2C1. The molecule has 1 saturated carbocycles. The Kier molecular flexibility index (Phi) is 3.14. The van der Waals surface area contributed by atoms with Gasteiger partial charge in [0.05, 0.1) is 0 Å². The van der Waals surface area contributed by atoms with E-state index in [4.69, 9.17) is 0 Å². The number of halogens is 3. The van der Waals surface area contributed by atoms with Crippen LogP contribution in [0.3, 0.4) is 0 Å². The summed E-state index contributed by atoms with van der Waals surface area (Å²) in [6, 6.07) is 0. The maximum atomic E-state index is 12.3. The lowest BCUT2D eigenvalue weighted by atomic mass is 9.74. The van der Waals surface area contributed by atoms with Crippen molar-refractivity contribution in [3.05, 3.63) is 0 Å². The van der Waals surface area contributed by atoms with Crippen molar-refractivity contribution < 1.29 is 22.8 Å². The van der Waals surface area contributed by atoms with Crippen LogP contribution < -0.4 is 0 Å². The van der Waals surface area contributed by atoms with Crippen molar-refractivity contribution in [3.8, 4) is 0 Å². The van der Waals surface area contributed by atoms with Gasteiger partial charge in [-0.2, -0.15) is 13.2 Å². The number of amides is 1. The highest BCUT2D eigenvalue weighted by molar-refractivity contribution is 5.82. The van der Waals surface area contributed by atoms with Crippen LogP contribution in [-0.4, -0.2) is 35.9 Å². The molecule has 0 aromatic heterocycles. The Balaban J connectivity index is 2.01. The van der Waals surface area contributed by atoms with Crippen molar-refractivity contribution >= 4 is 11.7 Å². The highest BCUT2D eigenvalue weighted by Gasteiger charge is 2.45. The molecule has 17 heavy (non-hydrogen) atoms. The van der Waals surface area contributed by atoms with Crippen molar-refractivity contribution in [1.82, 2.24) is 4.90 Å². The molecule has 96 valence electrons. The topological polar surface area (TPSA) is 37.4 Å². The molecule has 1 amide bonds. The molecule has 2 atom stereocenters. The minimum absolute atomic E-state index is 0.0729. The summed E-state index contributed by atoms with van der Waals surface area (Å²) in [5.74, 6) is -1.43. The fourth-order valence-corrected chi connectivity index (χ4v) is 2.80.